The van der Waals surface area contributed by atoms with Gasteiger partial charge < -0.3 is 15.5 Å². The van der Waals surface area contributed by atoms with Crippen molar-refractivity contribution in [2.75, 3.05) is 0 Å². The maximum atomic E-state index is 11.8. The average molecular weight is 248 g/mol. The number of rotatable bonds is 4. The third-order valence-corrected chi connectivity index (χ3v) is 2.86. The smallest absolute Gasteiger partial charge is 0.287 e. The van der Waals surface area contributed by atoms with Gasteiger partial charge in [0.2, 0.25) is 0 Å². The van der Waals surface area contributed by atoms with Crippen molar-refractivity contribution in [1.82, 2.24) is 15.1 Å². The molecule has 0 aliphatic heterocycles. The molecule has 2 rings (SSSR count). The van der Waals surface area contributed by atoms with E-state index in [1.807, 2.05) is 14.0 Å². The summed E-state index contributed by atoms with van der Waals surface area (Å²) in [5.41, 5.74) is 7.42. The first-order valence-corrected chi connectivity index (χ1v) is 5.66. The van der Waals surface area contributed by atoms with Gasteiger partial charge in [-0.3, -0.25) is 9.48 Å². The van der Waals surface area contributed by atoms with Gasteiger partial charge in [0.15, 0.2) is 5.76 Å². The fourth-order valence-electron chi connectivity index (χ4n) is 1.59. The van der Waals surface area contributed by atoms with Gasteiger partial charge in [0, 0.05) is 24.8 Å². The van der Waals surface area contributed by atoms with Gasteiger partial charge >= 0.3 is 0 Å². The van der Waals surface area contributed by atoms with E-state index in [2.05, 4.69) is 10.4 Å². The fraction of sp³-hybridized carbons (Fsp3) is 0.333. The lowest BCUT2D eigenvalue weighted by Crippen LogP contribution is -2.22. The first-order valence-electron chi connectivity index (χ1n) is 5.66. The third-order valence-electron chi connectivity index (χ3n) is 2.86. The summed E-state index contributed by atoms with van der Waals surface area (Å²) in [7, 11) is 1.86. The van der Waals surface area contributed by atoms with Gasteiger partial charge in [-0.25, -0.2) is 0 Å². The second-order valence-corrected chi connectivity index (χ2v) is 4.03. The molecule has 96 valence electrons. The highest BCUT2D eigenvalue weighted by Crippen LogP contribution is 2.08. The van der Waals surface area contributed by atoms with Gasteiger partial charge in [-0.05, 0) is 19.1 Å². The second kappa shape index (κ2) is 5.05. The molecular formula is C12H16N4O2. The Bertz CT molecular complexity index is 556. The molecule has 0 saturated carbocycles. The lowest BCUT2D eigenvalue weighted by atomic mass is 10.2. The summed E-state index contributed by atoms with van der Waals surface area (Å²) in [5.74, 6) is 0.618. The van der Waals surface area contributed by atoms with Crippen LogP contribution in [-0.4, -0.2) is 15.7 Å². The summed E-state index contributed by atoms with van der Waals surface area (Å²) in [5, 5.41) is 6.89. The van der Waals surface area contributed by atoms with E-state index in [-0.39, 0.29) is 18.2 Å². The van der Waals surface area contributed by atoms with Crippen molar-refractivity contribution in [2.24, 2.45) is 12.8 Å². The molecule has 2 aromatic heterocycles. The Morgan fingerprint density at radius 1 is 1.56 bits per heavy atom. The number of amides is 1. The van der Waals surface area contributed by atoms with Crippen LogP contribution >= 0.6 is 0 Å². The van der Waals surface area contributed by atoms with Crippen LogP contribution < -0.4 is 11.1 Å². The Labute approximate surface area is 105 Å². The van der Waals surface area contributed by atoms with Crippen LogP contribution in [0.15, 0.2) is 22.7 Å². The van der Waals surface area contributed by atoms with Crippen LogP contribution in [0, 0.1) is 6.92 Å². The molecule has 18 heavy (non-hydrogen) atoms. The zero-order chi connectivity index (χ0) is 13.1. The van der Waals surface area contributed by atoms with E-state index in [1.54, 1.807) is 23.0 Å². The van der Waals surface area contributed by atoms with E-state index in [0.717, 1.165) is 11.3 Å². The summed E-state index contributed by atoms with van der Waals surface area (Å²) in [6.07, 6.45) is 1.74. The number of hydrogen-bond acceptors (Lipinski definition) is 4. The molecule has 0 aliphatic carbocycles. The standard InChI is InChI=1S/C12H16N4O2/c1-8-9(7-15-16(8)2)6-14-12(17)11-4-3-10(5-13)18-11/h3-4,7H,5-6,13H2,1-2H3,(H,14,17). The molecule has 0 saturated heterocycles. The summed E-state index contributed by atoms with van der Waals surface area (Å²) < 4.78 is 7.03. The normalized spacial score (nSPS) is 10.6. The first kappa shape index (κ1) is 12.4. The zero-order valence-corrected chi connectivity index (χ0v) is 10.4. The van der Waals surface area contributed by atoms with Crippen molar-refractivity contribution in [1.29, 1.82) is 0 Å². The maximum Gasteiger partial charge on any atom is 0.287 e. The molecule has 6 heteroatoms. The molecule has 3 N–H and O–H groups in total. The van der Waals surface area contributed by atoms with Crippen LogP contribution in [0.1, 0.15) is 27.6 Å². The largest absolute Gasteiger partial charge is 0.455 e. The zero-order valence-electron chi connectivity index (χ0n) is 10.4. The monoisotopic (exact) mass is 248 g/mol. The minimum Gasteiger partial charge on any atom is -0.455 e. The van der Waals surface area contributed by atoms with E-state index in [4.69, 9.17) is 10.2 Å². The summed E-state index contributed by atoms with van der Waals surface area (Å²) in [4.78, 5) is 11.8. The second-order valence-electron chi connectivity index (χ2n) is 4.03. The molecular weight excluding hydrogens is 232 g/mol. The molecule has 0 spiro atoms. The lowest BCUT2D eigenvalue weighted by Gasteiger charge is -2.02. The molecule has 0 atom stereocenters. The number of furan rings is 1. The van der Waals surface area contributed by atoms with Crippen LogP contribution in [0.3, 0.4) is 0 Å². The van der Waals surface area contributed by atoms with Crippen LogP contribution in [0.4, 0.5) is 0 Å². The van der Waals surface area contributed by atoms with E-state index in [9.17, 15) is 4.79 Å². The number of hydrogen-bond donors (Lipinski definition) is 2. The van der Waals surface area contributed by atoms with Crippen molar-refractivity contribution < 1.29 is 9.21 Å². The van der Waals surface area contributed by atoms with Gasteiger partial charge in [0.05, 0.1) is 12.7 Å². The number of carbonyl (C=O) groups excluding carboxylic acids is 1. The molecule has 6 nitrogen and oxygen atoms in total. The molecule has 0 aliphatic rings. The van der Waals surface area contributed by atoms with Crippen molar-refractivity contribution in [3.63, 3.8) is 0 Å². The lowest BCUT2D eigenvalue weighted by molar-refractivity contribution is 0.0921. The quantitative estimate of drug-likeness (QED) is 0.834. The van der Waals surface area contributed by atoms with Crippen molar-refractivity contribution in [3.8, 4) is 0 Å². The van der Waals surface area contributed by atoms with Gasteiger partial charge in [-0.15, -0.1) is 0 Å². The topological polar surface area (TPSA) is 86.1 Å². The molecule has 0 unspecified atom stereocenters. The minimum absolute atomic E-state index is 0.252. The Morgan fingerprint density at radius 3 is 2.89 bits per heavy atom. The summed E-state index contributed by atoms with van der Waals surface area (Å²) in [6.45, 7) is 2.67. The van der Waals surface area contributed by atoms with Crippen LogP contribution in [0.5, 0.6) is 0 Å². The van der Waals surface area contributed by atoms with Crippen LogP contribution in [0.25, 0.3) is 0 Å². The van der Waals surface area contributed by atoms with Crippen LogP contribution in [-0.2, 0) is 20.1 Å². The van der Waals surface area contributed by atoms with Gasteiger partial charge in [0.25, 0.3) is 5.91 Å². The first-order chi connectivity index (χ1) is 8.61. The number of nitrogens with one attached hydrogen (secondary N) is 1. The third kappa shape index (κ3) is 2.43. The van der Waals surface area contributed by atoms with Crippen molar-refractivity contribution in [3.05, 3.63) is 41.1 Å². The highest BCUT2D eigenvalue weighted by molar-refractivity contribution is 5.91. The Morgan fingerprint density at radius 2 is 2.33 bits per heavy atom. The highest BCUT2D eigenvalue weighted by atomic mass is 16.4. The molecule has 2 aromatic rings. The number of aromatic nitrogens is 2. The molecule has 0 bridgehead atoms. The van der Waals surface area contributed by atoms with Gasteiger partial charge in [-0.2, -0.15) is 5.10 Å². The number of aryl methyl sites for hydroxylation is 1. The van der Waals surface area contributed by atoms with Crippen molar-refractivity contribution >= 4 is 5.91 Å². The molecule has 0 aromatic carbocycles. The van der Waals surface area contributed by atoms with E-state index in [0.29, 0.717) is 12.3 Å². The number of nitrogens with two attached hydrogens (primary N) is 1. The van der Waals surface area contributed by atoms with E-state index < -0.39 is 0 Å². The molecule has 1 amide bonds. The average Bonchev–Trinajstić information content (AvgIpc) is 2.96. The fourth-order valence-corrected chi connectivity index (χ4v) is 1.59. The van der Waals surface area contributed by atoms with Gasteiger partial charge in [-0.1, -0.05) is 0 Å². The van der Waals surface area contributed by atoms with Crippen LogP contribution in [0.2, 0.25) is 0 Å². The van der Waals surface area contributed by atoms with Crippen molar-refractivity contribution in [2.45, 2.75) is 20.0 Å². The molecule has 0 fully saturated rings. The van der Waals surface area contributed by atoms with E-state index in [1.165, 1.54) is 0 Å². The predicted octanol–water partition coefficient (Wildman–Crippen LogP) is 0.710. The Kier molecular flexibility index (Phi) is 3.47. The minimum atomic E-state index is -0.252. The number of carbonyl (C=O) groups is 1. The summed E-state index contributed by atoms with van der Waals surface area (Å²) >= 11 is 0. The highest BCUT2D eigenvalue weighted by Gasteiger charge is 2.11. The Balaban J connectivity index is 1.98. The number of nitrogens with zero attached hydrogens (tertiary/aromatic N) is 2. The Hall–Kier alpha value is -2.08. The molecule has 2 heterocycles. The summed E-state index contributed by atoms with van der Waals surface area (Å²) in [6, 6.07) is 3.32. The maximum absolute atomic E-state index is 11.8. The van der Waals surface area contributed by atoms with Gasteiger partial charge in [0.1, 0.15) is 5.76 Å². The SMILES string of the molecule is Cc1c(CNC(=O)c2ccc(CN)o2)cnn1C. The van der Waals surface area contributed by atoms with E-state index >= 15 is 0 Å². The predicted molar refractivity (Wildman–Crippen MR) is 65.7 cm³/mol. The molecule has 0 radical (unpaired) electrons.